The predicted molar refractivity (Wildman–Crippen MR) is 65.9 cm³/mol. The first-order valence-electron chi connectivity index (χ1n) is 5.10. The van der Waals surface area contributed by atoms with E-state index in [2.05, 4.69) is 66.4 Å². The van der Waals surface area contributed by atoms with E-state index in [-0.39, 0.29) is 6.41 Å². The normalized spacial score (nSPS) is 8.75. The zero-order chi connectivity index (χ0) is 11.6. The molecule has 0 heterocycles. The van der Waals surface area contributed by atoms with E-state index in [9.17, 15) is 0 Å². The minimum Gasteiger partial charge on any atom is -0.372 e. The van der Waals surface area contributed by atoms with Gasteiger partial charge in [0.25, 0.3) is 0 Å². The Hall–Kier alpha value is -2.09. The Morgan fingerprint density at radius 2 is 1.12 bits per heavy atom. The highest BCUT2D eigenvalue weighted by atomic mass is 16.1. The summed E-state index contributed by atoms with van der Waals surface area (Å²) in [5.41, 5.74) is 6.90. The minimum atomic E-state index is 0.250. The number of primary amides is 1. The molecule has 0 aliphatic carbocycles. The monoisotopic (exact) mass is 213 g/mol. The second-order valence-electron chi connectivity index (χ2n) is 3.28. The summed E-state index contributed by atoms with van der Waals surface area (Å²) in [5.74, 6) is 0. The molecule has 0 radical (unpaired) electrons. The number of hydrogen-bond donors (Lipinski definition) is 1. The van der Waals surface area contributed by atoms with Gasteiger partial charge in [-0.15, -0.1) is 0 Å². The first-order chi connectivity index (χ1) is 7.86. The molecule has 0 saturated heterocycles. The van der Waals surface area contributed by atoms with Crippen LogP contribution in [0.5, 0.6) is 0 Å². The van der Waals surface area contributed by atoms with Crippen molar-refractivity contribution in [3.8, 4) is 0 Å². The van der Waals surface area contributed by atoms with Gasteiger partial charge in [0.1, 0.15) is 0 Å². The number of rotatable bonds is 2. The van der Waals surface area contributed by atoms with Crippen LogP contribution in [0.3, 0.4) is 0 Å². The molecule has 2 nitrogen and oxygen atoms in total. The smallest absolute Gasteiger partial charge is 0.204 e. The van der Waals surface area contributed by atoms with Crippen molar-refractivity contribution in [3.63, 3.8) is 0 Å². The zero-order valence-electron chi connectivity index (χ0n) is 9.04. The number of carbonyl (C=O) groups excluding carboxylic acids is 1. The van der Waals surface area contributed by atoms with E-state index in [1.165, 1.54) is 11.1 Å². The van der Waals surface area contributed by atoms with E-state index < -0.39 is 0 Å². The maximum Gasteiger partial charge on any atom is 0.204 e. The van der Waals surface area contributed by atoms with Gasteiger partial charge >= 0.3 is 0 Å². The highest BCUT2D eigenvalue weighted by Crippen LogP contribution is 2.07. The van der Waals surface area contributed by atoms with Crippen LogP contribution in [0.25, 0.3) is 0 Å². The lowest BCUT2D eigenvalue weighted by Gasteiger charge is -2.00. The molecule has 0 aliphatic rings. The van der Waals surface area contributed by atoms with Crippen LogP contribution in [0.2, 0.25) is 0 Å². The number of carbonyl (C=O) groups is 1. The average molecular weight is 213 g/mol. The maximum atomic E-state index is 8.58. The number of nitrogens with two attached hydrogens (primary N) is 1. The van der Waals surface area contributed by atoms with Crippen molar-refractivity contribution >= 4 is 6.41 Å². The van der Waals surface area contributed by atoms with Gasteiger partial charge in [-0.1, -0.05) is 60.7 Å². The largest absolute Gasteiger partial charge is 0.372 e. The van der Waals surface area contributed by atoms with E-state index in [4.69, 9.17) is 4.79 Å². The lowest BCUT2D eigenvalue weighted by atomic mass is 10.1. The Morgan fingerprint density at radius 3 is 1.44 bits per heavy atom. The average Bonchev–Trinajstić information content (AvgIpc) is 2.33. The zero-order valence-corrected chi connectivity index (χ0v) is 9.04. The Bertz CT molecular complexity index is 360. The van der Waals surface area contributed by atoms with Gasteiger partial charge in [0.2, 0.25) is 6.41 Å². The summed E-state index contributed by atoms with van der Waals surface area (Å²) in [6.07, 6.45) is 1.28. The highest BCUT2D eigenvalue weighted by Gasteiger charge is 1.92. The van der Waals surface area contributed by atoms with E-state index in [0.29, 0.717) is 0 Å². The van der Waals surface area contributed by atoms with Gasteiger partial charge in [0, 0.05) is 0 Å². The van der Waals surface area contributed by atoms with Crippen LogP contribution in [-0.4, -0.2) is 6.41 Å². The molecule has 2 N–H and O–H groups in total. The molecule has 0 aromatic heterocycles. The van der Waals surface area contributed by atoms with Crippen molar-refractivity contribution in [2.75, 3.05) is 0 Å². The van der Waals surface area contributed by atoms with E-state index >= 15 is 0 Å². The molecule has 0 fully saturated rings. The van der Waals surface area contributed by atoms with Crippen molar-refractivity contribution in [1.29, 1.82) is 0 Å². The topological polar surface area (TPSA) is 43.1 Å². The molecule has 2 aromatic carbocycles. The molecule has 0 atom stereocenters. The summed E-state index contributed by atoms with van der Waals surface area (Å²) >= 11 is 0. The lowest BCUT2D eigenvalue weighted by Crippen LogP contribution is -1.85. The molecule has 82 valence electrons. The molecule has 1 amide bonds. The van der Waals surface area contributed by atoms with E-state index in [0.717, 1.165) is 6.42 Å². The Labute approximate surface area is 95.7 Å². The Kier molecular flexibility index (Phi) is 5.42. The van der Waals surface area contributed by atoms with Crippen LogP contribution in [0.15, 0.2) is 60.7 Å². The summed E-state index contributed by atoms with van der Waals surface area (Å²) in [5, 5.41) is 0. The van der Waals surface area contributed by atoms with Crippen molar-refractivity contribution in [3.05, 3.63) is 71.8 Å². The standard InChI is InChI=1S/C13H12.CH3NO/c1-3-7-12(8-4-1)11-13-9-5-2-6-10-13;2-1-3/h1-10H,11H2;1H,(H2,2,3). The van der Waals surface area contributed by atoms with Crippen molar-refractivity contribution in [1.82, 2.24) is 0 Å². The number of amides is 1. The molecule has 2 heteroatoms. The highest BCUT2D eigenvalue weighted by molar-refractivity contribution is 5.42. The van der Waals surface area contributed by atoms with Crippen LogP contribution >= 0.6 is 0 Å². The third-order valence-corrected chi connectivity index (χ3v) is 2.09. The molecule has 0 bridgehead atoms. The van der Waals surface area contributed by atoms with Gasteiger partial charge in [-0.2, -0.15) is 0 Å². The first-order valence-corrected chi connectivity index (χ1v) is 5.10. The molecule has 0 unspecified atom stereocenters. The van der Waals surface area contributed by atoms with Crippen LogP contribution < -0.4 is 5.73 Å². The van der Waals surface area contributed by atoms with Gasteiger partial charge in [0.05, 0.1) is 0 Å². The Morgan fingerprint density at radius 1 is 0.812 bits per heavy atom. The van der Waals surface area contributed by atoms with Crippen LogP contribution in [-0.2, 0) is 11.2 Å². The minimum absolute atomic E-state index is 0.250. The van der Waals surface area contributed by atoms with Crippen LogP contribution in [0.1, 0.15) is 11.1 Å². The SMILES string of the molecule is NC=O.c1ccc(Cc2ccccc2)cc1. The van der Waals surface area contributed by atoms with Crippen LogP contribution in [0.4, 0.5) is 0 Å². The quantitative estimate of drug-likeness (QED) is 0.765. The van der Waals surface area contributed by atoms with Gasteiger partial charge < -0.3 is 5.73 Å². The molecule has 0 spiro atoms. The summed E-state index contributed by atoms with van der Waals surface area (Å²) in [6.45, 7) is 0. The molecule has 2 aromatic rings. The predicted octanol–water partition coefficient (Wildman–Crippen LogP) is 2.38. The third-order valence-electron chi connectivity index (χ3n) is 2.09. The Balaban J connectivity index is 0.000000386. The van der Waals surface area contributed by atoms with Gasteiger partial charge in [-0.05, 0) is 17.5 Å². The van der Waals surface area contributed by atoms with Crippen LogP contribution in [0, 0.1) is 0 Å². The summed E-state index contributed by atoms with van der Waals surface area (Å²) in [6, 6.07) is 21.1. The molecule has 16 heavy (non-hydrogen) atoms. The molecule has 0 aliphatic heterocycles. The number of benzene rings is 2. The molecule has 2 rings (SSSR count). The van der Waals surface area contributed by atoms with Crippen molar-refractivity contribution in [2.24, 2.45) is 5.73 Å². The second kappa shape index (κ2) is 7.23. The summed E-state index contributed by atoms with van der Waals surface area (Å²) < 4.78 is 0. The van der Waals surface area contributed by atoms with E-state index in [1.54, 1.807) is 0 Å². The number of hydrogen-bond acceptors (Lipinski definition) is 1. The fraction of sp³-hybridized carbons (Fsp3) is 0.0714. The first kappa shape index (κ1) is 12.0. The summed E-state index contributed by atoms with van der Waals surface area (Å²) in [7, 11) is 0. The molecule has 0 saturated carbocycles. The van der Waals surface area contributed by atoms with Crippen molar-refractivity contribution in [2.45, 2.75) is 6.42 Å². The van der Waals surface area contributed by atoms with Gasteiger partial charge in [-0.25, -0.2) is 0 Å². The lowest BCUT2D eigenvalue weighted by molar-refractivity contribution is -0.106. The molecular weight excluding hydrogens is 198 g/mol. The maximum absolute atomic E-state index is 8.58. The van der Waals surface area contributed by atoms with Gasteiger partial charge in [-0.3, -0.25) is 4.79 Å². The summed E-state index contributed by atoms with van der Waals surface area (Å²) in [4.78, 5) is 8.58. The van der Waals surface area contributed by atoms with Crippen molar-refractivity contribution < 1.29 is 4.79 Å². The second-order valence-corrected chi connectivity index (χ2v) is 3.28. The van der Waals surface area contributed by atoms with Gasteiger partial charge in [0.15, 0.2) is 0 Å². The third kappa shape index (κ3) is 4.42. The fourth-order valence-corrected chi connectivity index (χ4v) is 1.43. The molecular formula is C14H15NO. The van der Waals surface area contributed by atoms with E-state index in [1.807, 2.05) is 0 Å². The fourth-order valence-electron chi connectivity index (χ4n) is 1.43.